The molecule has 0 saturated carbocycles. The van der Waals surface area contributed by atoms with E-state index < -0.39 is 79.9 Å². The van der Waals surface area contributed by atoms with Crippen molar-refractivity contribution in [2.45, 2.75) is 48.7 Å². The molecule has 8 N–H and O–H groups in total. The van der Waals surface area contributed by atoms with Crippen molar-refractivity contribution in [3.05, 3.63) is 46.8 Å². The molecule has 2 aromatic carbocycles. The van der Waals surface area contributed by atoms with Crippen LogP contribution in [0, 0.1) is 0 Å². The van der Waals surface area contributed by atoms with Crippen molar-refractivity contribution in [1.82, 2.24) is 0 Å². The maximum absolute atomic E-state index is 12.4. The molecule has 0 bridgehead atoms. The molecule has 3 aromatic rings. The van der Waals surface area contributed by atoms with Crippen molar-refractivity contribution in [2.24, 2.45) is 0 Å². The molecule has 0 unspecified atom stereocenters. The molecular formula is C27H30O15. The van der Waals surface area contributed by atoms with Crippen LogP contribution in [0.25, 0.3) is 22.1 Å². The molecule has 2 aliphatic heterocycles. The topological polar surface area (TPSA) is 238 Å². The average Bonchev–Trinajstić information content (AvgIpc) is 3.26. The van der Waals surface area contributed by atoms with Crippen LogP contribution in [0.3, 0.4) is 0 Å². The molecule has 5 rings (SSSR count). The number of aromatic hydroxyl groups is 2. The highest BCUT2D eigenvalue weighted by Crippen LogP contribution is 2.41. The Bertz CT molecular complexity index is 1490. The van der Waals surface area contributed by atoms with E-state index in [1.807, 2.05) is 0 Å². The number of benzene rings is 2. The van der Waals surface area contributed by atoms with Crippen LogP contribution in [-0.4, -0.2) is 116 Å². The Balaban J connectivity index is 1.47. The van der Waals surface area contributed by atoms with Crippen molar-refractivity contribution < 1.29 is 69.0 Å². The van der Waals surface area contributed by atoms with Crippen LogP contribution in [-0.2, 0) is 14.2 Å². The van der Waals surface area contributed by atoms with E-state index in [0.717, 1.165) is 6.07 Å². The molecule has 2 saturated heterocycles. The Hall–Kier alpha value is -3.51. The predicted octanol–water partition coefficient (Wildman–Crippen LogP) is -1.48. The largest absolute Gasteiger partial charge is 0.504 e. The maximum atomic E-state index is 12.4. The van der Waals surface area contributed by atoms with Crippen molar-refractivity contribution >= 4 is 11.0 Å². The van der Waals surface area contributed by atoms with E-state index in [9.17, 15) is 45.6 Å². The van der Waals surface area contributed by atoms with E-state index in [2.05, 4.69) is 0 Å². The van der Waals surface area contributed by atoms with Crippen LogP contribution in [0.4, 0.5) is 0 Å². The predicted molar refractivity (Wildman–Crippen MR) is 139 cm³/mol. The Labute approximate surface area is 236 Å². The van der Waals surface area contributed by atoms with Crippen molar-refractivity contribution in [1.29, 1.82) is 0 Å². The first-order valence-corrected chi connectivity index (χ1v) is 12.7. The lowest BCUT2D eigenvalue weighted by atomic mass is 9.98. The second kappa shape index (κ2) is 11.6. The Morgan fingerprint density at radius 3 is 2.40 bits per heavy atom. The highest BCUT2D eigenvalue weighted by Gasteiger charge is 2.50. The van der Waals surface area contributed by atoms with E-state index in [1.54, 1.807) is 0 Å². The van der Waals surface area contributed by atoms with Gasteiger partial charge in [-0.05, 0) is 17.7 Å². The molecule has 42 heavy (non-hydrogen) atoms. The SMILES string of the molecule is COc1cc(O[C@H]2O[C@@H](CO[C@@H]3OC[C@](O)(CO)[C@H]3O)[C@H](O)[C@@H](O)[C@@H]2O)c2c(-c3ccc(O)c(O)c3)cc(=O)oc2c1. The average molecular weight is 595 g/mol. The van der Waals surface area contributed by atoms with Gasteiger partial charge in [-0.15, -0.1) is 0 Å². The lowest BCUT2D eigenvalue weighted by molar-refractivity contribution is -0.289. The van der Waals surface area contributed by atoms with E-state index in [-0.39, 0.29) is 33.8 Å². The standard InChI is InChI=1S/C27H30O15/c1-37-12-5-16-20(13(7-19(31)40-16)11-2-3-14(29)15(30)4-11)17(6-12)41-25-23(34)22(33)21(32)18(42-25)8-38-26-24(35)27(36,9-28)10-39-26/h2-7,18,21-26,28-30,32-36H,8-10H2,1H3/t18-,21-,22+,23-,24-,25-,26+,27+/m0/s1. The van der Waals surface area contributed by atoms with Crippen LogP contribution in [0.5, 0.6) is 23.0 Å². The summed E-state index contributed by atoms with van der Waals surface area (Å²) < 4.78 is 32.9. The number of rotatable bonds is 8. The molecule has 0 amide bonds. The number of methoxy groups -OCH3 is 1. The first kappa shape index (κ1) is 30.0. The number of fused-ring (bicyclic) bond motifs is 1. The number of phenols is 2. The fraction of sp³-hybridized carbons (Fsp3) is 0.444. The summed E-state index contributed by atoms with van der Waals surface area (Å²) in [6, 6.07) is 7.80. The number of hydrogen-bond donors (Lipinski definition) is 8. The summed E-state index contributed by atoms with van der Waals surface area (Å²) in [6.45, 7) is -1.71. The molecule has 228 valence electrons. The van der Waals surface area contributed by atoms with Gasteiger partial charge in [0.05, 0.1) is 32.3 Å². The van der Waals surface area contributed by atoms with Gasteiger partial charge in [-0.1, -0.05) is 6.07 Å². The normalized spacial score (nSPS) is 31.4. The maximum Gasteiger partial charge on any atom is 0.336 e. The monoisotopic (exact) mass is 594 g/mol. The van der Waals surface area contributed by atoms with E-state index >= 15 is 0 Å². The first-order valence-electron chi connectivity index (χ1n) is 12.7. The minimum Gasteiger partial charge on any atom is -0.504 e. The number of phenolic OH excluding ortho intramolecular Hbond substituents is 2. The quantitative estimate of drug-likeness (QED) is 0.110. The highest BCUT2D eigenvalue weighted by atomic mass is 16.7. The number of ether oxygens (including phenoxy) is 5. The van der Waals surface area contributed by atoms with Crippen LogP contribution in [0.2, 0.25) is 0 Å². The summed E-state index contributed by atoms with van der Waals surface area (Å²) in [4.78, 5) is 12.4. The minimum atomic E-state index is -1.95. The summed E-state index contributed by atoms with van der Waals surface area (Å²) >= 11 is 0. The number of hydrogen-bond acceptors (Lipinski definition) is 15. The van der Waals surface area contributed by atoms with Gasteiger partial charge in [-0.2, -0.15) is 0 Å². The second-order valence-electron chi connectivity index (χ2n) is 10.0. The highest BCUT2D eigenvalue weighted by molar-refractivity contribution is 5.98. The van der Waals surface area contributed by atoms with Gasteiger partial charge >= 0.3 is 5.63 Å². The van der Waals surface area contributed by atoms with Gasteiger partial charge in [-0.3, -0.25) is 0 Å². The van der Waals surface area contributed by atoms with Crippen LogP contribution < -0.4 is 15.1 Å². The Kier molecular flexibility index (Phi) is 8.30. The van der Waals surface area contributed by atoms with Crippen LogP contribution in [0.1, 0.15) is 0 Å². The third-order valence-electron chi connectivity index (χ3n) is 7.22. The fourth-order valence-electron chi connectivity index (χ4n) is 4.77. The Morgan fingerprint density at radius 1 is 0.976 bits per heavy atom. The van der Waals surface area contributed by atoms with Crippen molar-refractivity contribution in [2.75, 3.05) is 26.9 Å². The lowest BCUT2D eigenvalue weighted by Crippen LogP contribution is -2.60. The van der Waals surface area contributed by atoms with Crippen molar-refractivity contribution in [3.8, 4) is 34.1 Å². The zero-order valence-electron chi connectivity index (χ0n) is 22.1. The minimum absolute atomic E-state index is 0.00563. The van der Waals surface area contributed by atoms with E-state index in [4.69, 9.17) is 28.1 Å². The Morgan fingerprint density at radius 2 is 1.74 bits per heavy atom. The third kappa shape index (κ3) is 5.49. The van der Waals surface area contributed by atoms with Crippen LogP contribution >= 0.6 is 0 Å². The summed E-state index contributed by atoms with van der Waals surface area (Å²) in [6.07, 6.45) is -11.2. The first-order chi connectivity index (χ1) is 19.9. The van der Waals surface area contributed by atoms with Gasteiger partial charge in [0.25, 0.3) is 0 Å². The molecule has 15 nitrogen and oxygen atoms in total. The van der Waals surface area contributed by atoms with Crippen molar-refractivity contribution in [3.63, 3.8) is 0 Å². The second-order valence-corrected chi connectivity index (χ2v) is 10.0. The van der Waals surface area contributed by atoms with Crippen LogP contribution in [0.15, 0.2) is 45.6 Å². The molecule has 1 aromatic heterocycles. The zero-order chi connectivity index (χ0) is 30.3. The van der Waals surface area contributed by atoms with Gasteiger partial charge in [0, 0.05) is 23.8 Å². The summed E-state index contributed by atoms with van der Waals surface area (Å²) in [5, 5.41) is 81.5. The van der Waals surface area contributed by atoms with Gasteiger partial charge < -0.3 is 69.0 Å². The summed E-state index contributed by atoms with van der Waals surface area (Å²) in [5.41, 5.74) is -2.20. The van der Waals surface area contributed by atoms with E-state index in [0.29, 0.717) is 5.56 Å². The molecule has 2 fully saturated rings. The molecule has 8 atom stereocenters. The molecule has 0 spiro atoms. The van der Waals surface area contributed by atoms with Gasteiger partial charge in [-0.25, -0.2) is 4.79 Å². The van der Waals surface area contributed by atoms with Gasteiger partial charge in [0.1, 0.15) is 53.2 Å². The zero-order valence-corrected chi connectivity index (χ0v) is 22.1. The molecular weight excluding hydrogens is 564 g/mol. The lowest BCUT2D eigenvalue weighted by Gasteiger charge is -2.40. The smallest absolute Gasteiger partial charge is 0.336 e. The third-order valence-corrected chi connectivity index (χ3v) is 7.22. The summed E-state index contributed by atoms with van der Waals surface area (Å²) in [7, 11) is 1.35. The molecule has 0 radical (unpaired) electrons. The fourth-order valence-corrected chi connectivity index (χ4v) is 4.77. The molecule has 0 aliphatic carbocycles. The molecule has 15 heteroatoms. The summed E-state index contributed by atoms with van der Waals surface area (Å²) in [5.74, 6) is -0.712. The molecule has 3 heterocycles. The number of aliphatic hydroxyl groups is 6. The molecule has 2 aliphatic rings. The number of aliphatic hydroxyl groups excluding tert-OH is 5. The van der Waals surface area contributed by atoms with Gasteiger partial charge in [0.2, 0.25) is 6.29 Å². The van der Waals surface area contributed by atoms with Gasteiger partial charge in [0.15, 0.2) is 17.8 Å². The van der Waals surface area contributed by atoms with E-state index in [1.165, 1.54) is 37.4 Å².